The fraction of sp³-hybridized carbons (Fsp3) is 0.909. The molecule has 4 heteroatoms. The molecule has 0 radical (unpaired) electrons. The van der Waals surface area contributed by atoms with Gasteiger partial charge in [0, 0.05) is 6.04 Å². The number of carbonyl (C=O) groups excluding carboxylic acids is 1. The third-order valence-electron chi connectivity index (χ3n) is 1.78. The van der Waals surface area contributed by atoms with Gasteiger partial charge in [0.15, 0.2) is 0 Å². The number of hydrogen-bond donors (Lipinski definition) is 2. The zero-order valence-corrected chi connectivity index (χ0v) is 10.3. The van der Waals surface area contributed by atoms with Gasteiger partial charge >= 0.3 is 6.09 Å². The van der Waals surface area contributed by atoms with Crippen LogP contribution in [0, 0.1) is 0 Å². The van der Waals surface area contributed by atoms with Gasteiger partial charge in [-0.15, -0.1) is 0 Å². The van der Waals surface area contributed by atoms with E-state index in [4.69, 9.17) is 9.84 Å². The fourth-order valence-corrected chi connectivity index (χ4v) is 1.07. The predicted molar refractivity (Wildman–Crippen MR) is 59.7 cm³/mol. The van der Waals surface area contributed by atoms with Crippen molar-refractivity contribution in [1.82, 2.24) is 5.32 Å². The molecule has 0 aromatic rings. The summed E-state index contributed by atoms with van der Waals surface area (Å²) in [6, 6.07) is 0.0226. The third kappa shape index (κ3) is 9.53. The molecule has 0 heterocycles. The normalized spacial score (nSPS) is 15.6. The van der Waals surface area contributed by atoms with Gasteiger partial charge in [-0.1, -0.05) is 0 Å². The fourth-order valence-electron chi connectivity index (χ4n) is 1.07. The maximum absolute atomic E-state index is 11.3. The number of aliphatic hydroxyl groups excluding tert-OH is 1. The number of nitrogens with one attached hydrogen (secondary N) is 1. The first-order valence-electron chi connectivity index (χ1n) is 5.38. The van der Waals surface area contributed by atoms with Crippen LogP contribution < -0.4 is 5.32 Å². The Hall–Kier alpha value is -0.770. The van der Waals surface area contributed by atoms with Crippen LogP contribution >= 0.6 is 0 Å². The molecule has 0 spiro atoms. The van der Waals surface area contributed by atoms with Crippen molar-refractivity contribution >= 4 is 6.09 Å². The number of alkyl carbamates (subject to hydrolysis) is 1. The highest BCUT2D eigenvalue weighted by Crippen LogP contribution is 2.07. The van der Waals surface area contributed by atoms with Crippen molar-refractivity contribution < 1.29 is 14.6 Å². The minimum absolute atomic E-state index is 0.0226. The highest BCUT2D eigenvalue weighted by molar-refractivity contribution is 5.67. The standard InChI is InChI=1S/C11H23NO3/c1-8(6-7-9(2)13)12-10(14)15-11(3,4)5/h8-9,13H,6-7H2,1-5H3,(H,12,14)/t8?,9-/m0/s1. The smallest absolute Gasteiger partial charge is 0.407 e. The Morgan fingerprint density at radius 2 is 1.87 bits per heavy atom. The van der Waals surface area contributed by atoms with Crippen LogP contribution in [-0.2, 0) is 4.74 Å². The summed E-state index contributed by atoms with van der Waals surface area (Å²) in [5.41, 5.74) is -0.464. The quantitative estimate of drug-likeness (QED) is 0.757. The molecule has 2 N–H and O–H groups in total. The zero-order chi connectivity index (χ0) is 12.1. The van der Waals surface area contributed by atoms with E-state index in [1.165, 1.54) is 0 Å². The summed E-state index contributed by atoms with van der Waals surface area (Å²) in [5.74, 6) is 0. The van der Waals surface area contributed by atoms with Gasteiger partial charge in [-0.3, -0.25) is 0 Å². The van der Waals surface area contributed by atoms with Crippen LogP contribution in [0.25, 0.3) is 0 Å². The summed E-state index contributed by atoms with van der Waals surface area (Å²) >= 11 is 0. The molecule has 1 unspecified atom stereocenters. The lowest BCUT2D eigenvalue weighted by molar-refractivity contribution is 0.0501. The van der Waals surface area contributed by atoms with Crippen molar-refractivity contribution in [3.8, 4) is 0 Å². The summed E-state index contributed by atoms with van der Waals surface area (Å²) in [5, 5.41) is 11.8. The molecule has 0 aromatic heterocycles. The summed E-state index contributed by atoms with van der Waals surface area (Å²) in [4.78, 5) is 11.3. The Bertz CT molecular complexity index is 196. The molecule has 0 aliphatic heterocycles. The predicted octanol–water partition coefficient (Wildman–Crippen LogP) is 2.06. The highest BCUT2D eigenvalue weighted by atomic mass is 16.6. The third-order valence-corrected chi connectivity index (χ3v) is 1.78. The van der Waals surface area contributed by atoms with Gasteiger partial charge in [0.2, 0.25) is 0 Å². The van der Waals surface area contributed by atoms with Gasteiger partial charge in [-0.05, 0) is 47.5 Å². The lowest BCUT2D eigenvalue weighted by atomic mass is 10.1. The molecule has 0 aromatic carbocycles. The van der Waals surface area contributed by atoms with E-state index in [1.807, 2.05) is 27.7 Å². The molecule has 2 atom stereocenters. The molecule has 0 saturated heterocycles. The molecule has 0 fully saturated rings. The molecule has 0 rings (SSSR count). The minimum Gasteiger partial charge on any atom is -0.444 e. The van der Waals surface area contributed by atoms with Crippen molar-refractivity contribution in [2.45, 2.75) is 65.2 Å². The maximum Gasteiger partial charge on any atom is 0.407 e. The summed E-state index contributed by atoms with van der Waals surface area (Å²) < 4.78 is 5.10. The van der Waals surface area contributed by atoms with E-state index in [0.29, 0.717) is 6.42 Å². The zero-order valence-electron chi connectivity index (χ0n) is 10.3. The van der Waals surface area contributed by atoms with Crippen molar-refractivity contribution in [3.63, 3.8) is 0 Å². The van der Waals surface area contributed by atoms with Gasteiger partial charge in [0.1, 0.15) is 5.60 Å². The van der Waals surface area contributed by atoms with Crippen LogP contribution in [0.2, 0.25) is 0 Å². The molecule has 0 bridgehead atoms. The summed E-state index contributed by atoms with van der Waals surface area (Å²) in [6.07, 6.45) is 0.696. The Morgan fingerprint density at radius 1 is 1.33 bits per heavy atom. The molecular formula is C11H23NO3. The first-order valence-corrected chi connectivity index (χ1v) is 5.38. The van der Waals surface area contributed by atoms with E-state index < -0.39 is 11.7 Å². The molecule has 1 amide bonds. The Balaban J connectivity index is 3.77. The average molecular weight is 217 g/mol. The van der Waals surface area contributed by atoms with E-state index in [2.05, 4.69) is 5.32 Å². The van der Waals surface area contributed by atoms with Gasteiger partial charge in [-0.2, -0.15) is 0 Å². The topological polar surface area (TPSA) is 58.6 Å². The highest BCUT2D eigenvalue weighted by Gasteiger charge is 2.17. The second-order valence-corrected chi connectivity index (χ2v) is 4.97. The van der Waals surface area contributed by atoms with E-state index in [0.717, 1.165) is 6.42 Å². The summed E-state index contributed by atoms with van der Waals surface area (Å²) in [6.45, 7) is 9.11. The Morgan fingerprint density at radius 3 is 2.27 bits per heavy atom. The molecule has 0 saturated carbocycles. The number of ether oxygens (including phenoxy) is 1. The van der Waals surface area contributed by atoms with Crippen LogP contribution in [0.4, 0.5) is 4.79 Å². The summed E-state index contributed by atoms with van der Waals surface area (Å²) in [7, 11) is 0. The largest absolute Gasteiger partial charge is 0.444 e. The Labute approximate surface area is 92.0 Å². The van der Waals surface area contributed by atoms with Gasteiger partial charge in [-0.25, -0.2) is 4.79 Å². The molecule has 90 valence electrons. The first-order chi connectivity index (χ1) is 6.70. The van der Waals surface area contributed by atoms with E-state index in [1.54, 1.807) is 6.92 Å². The van der Waals surface area contributed by atoms with E-state index >= 15 is 0 Å². The Kier molecular flexibility index (Phi) is 5.65. The number of carbonyl (C=O) groups is 1. The number of amides is 1. The average Bonchev–Trinajstić information content (AvgIpc) is 1.96. The van der Waals surface area contributed by atoms with Crippen molar-refractivity contribution in [2.24, 2.45) is 0 Å². The van der Waals surface area contributed by atoms with Crippen molar-refractivity contribution in [3.05, 3.63) is 0 Å². The lowest BCUT2D eigenvalue weighted by Gasteiger charge is -2.22. The number of rotatable bonds is 4. The van der Waals surface area contributed by atoms with Gasteiger partial charge < -0.3 is 15.2 Å². The lowest BCUT2D eigenvalue weighted by Crippen LogP contribution is -2.37. The monoisotopic (exact) mass is 217 g/mol. The van der Waals surface area contributed by atoms with E-state index in [9.17, 15) is 4.79 Å². The molecular weight excluding hydrogens is 194 g/mol. The molecule has 4 nitrogen and oxygen atoms in total. The van der Waals surface area contributed by atoms with Gasteiger partial charge in [0.25, 0.3) is 0 Å². The number of aliphatic hydroxyl groups is 1. The van der Waals surface area contributed by atoms with Crippen LogP contribution in [0.5, 0.6) is 0 Å². The minimum atomic E-state index is -0.464. The SMILES string of the molecule is CC(CC[C@H](C)O)NC(=O)OC(C)(C)C. The number of hydrogen-bond acceptors (Lipinski definition) is 3. The van der Waals surface area contributed by atoms with Crippen LogP contribution in [0.15, 0.2) is 0 Å². The second-order valence-electron chi connectivity index (χ2n) is 4.97. The molecule has 0 aliphatic carbocycles. The molecule has 15 heavy (non-hydrogen) atoms. The van der Waals surface area contributed by atoms with Crippen LogP contribution in [-0.4, -0.2) is 28.9 Å². The van der Waals surface area contributed by atoms with Crippen LogP contribution in [0.1, 0.15) is 47.5 Å². The first kappa shape index (κ1) is 14.2. The maximum atomic E-state index is 11.3. The van der Waals surface area contributed by atoms with Crippen molar-refractivity contribution in [2.75, 3.05) is 0 Å². The van der Waals surface area contributed by atoms with Gasteiger partial charge in [0.05, 0.1) is 6.10 Å². The van der Waals surface area contributed by atoms with Crippen LogP contribution in [0.3, 0.4) is 0 Å². The van der Waals surface area contributed by atoms with E-state index in [-0.39, 0.29) is 12.1 Å². The second kappa shape index (κ2) is 5.95. The molecule has 0 aliphatic rings. The van der Waals surface area contributed by atoms with Crippen molar-refractivity contribution in [1.29, 1.82) is 0 Å².